The van der Waals surface area contributed by atoms with Gasteiger partial charge in [-0.15, -0.1) is 0 Å². The Morgan fingerprint density at radius 3 is 1.18 bits per heavy atom. The predicted molar refractivity (Wildman–Crippen MR) is 267 cm³/mol. The molecule has 0 aromatic rings. The first kappa shape index (κ1) is 59.2. The van der Waals surface area contributed by atoms with Crippen LogP contribution in [0.4, 0.5) is 4.79 Å². The highest BCUT2D eigenvalue weighted by Gasteiger charge is 2.39. The van der Waals surface area contributed by atoms with Crippen LogP contribution in [0.25, 0.3) is 0 Å². The topological polar surface area (TPSA) is 47.6 Å². The Morgan fingerprint density at radius 2 is 0.833 bits per heavy atom. The molecule has 360 valence electrons. The zero-order valence-electron chi connectivity index (χ0n) is 43.3. The van der Waals surface area contributed by atoms with E-state index in [1.54, 1.807) is 0 Å². The van der Waals surface area contributed by atoms with E-state index in [1.807, 2.05) is 0 Å². The lowest BCUT2D eigenvalue weighted by Gasteiger charge is -2.42. The van der Waals surface area contributed by atoms with Gasteiger partial charge in [0, 0.05) is 12.6 Å². The summed E-state index contributed by atoms with van der Waals surface area (Å²) in [5.41, 5.74) is -0.697. The maximum absolute atomic E-state index is 13.6. The number of ether oxygens (including phenoxy) is 2. The molecule has 0 saturated carbocycles. The number of rotatable bonds is 45. The molecule has 0 heterocycles. The summed E-state index contributed by atoms with van der Waals surface area (Å²) in [5.74, 6) is 1.50. The van der Waals surface area contributed by atoms with Crippen LogP contribution in [0, 0.1) is 17.3 Å². The Balaban J connectivity index is 4.87. The Kier molecular flexibility index (Phi) is 38.2. The molecule has 1 N–H and O–H groups in total. The summed E-state index contributed by atoms with van der Waals surface area (Å²) in [7, 11) is 0. The quantitative estimate of drug-likeness (QED) is 0.0621. The number of carbonyl (C=O) groups excluding carboxylic acids is 1. The van der Waals surface area contributed by atoms with Crippen molar-refractivity contribution in [3.63, 3.8) is 0 Å². The summed E-state index contributed by atoms with van der Waals surface area (Å²) in [5, 5.41) is 3.40. The van der Waals surface area contributed by atoms with Gasteiger partial charge in [0.05, 0.1) is 5.60 Å². The molecule has 4 heteroatoms. The molecule has 0 aliphatic carbocycles. The molecule has 0 saturated heterocycles. The molecule has 4 nitrogen and oxygen atoms in total. The molecule has 0 bridgehead atoms. The lowest BCUT2D eigenvalue weighted by Crippen LogP contribution is -2.44. The highest BCUT2D eigenvalue weighted by Crippen LogP contribution is 2.42. The van der Waals surface area contributed by atoms with Gasteiger partial charge in [0.1, 0.15) is 5.60 Å². The Labute approximate surface area is 379 Å². The third kappa shape index (κ3) is 36.7. The summed E-state index contributed by atoms with van der Waals surface area (Å²) < 4.78 is 12.8. The zero-order valence-corrected chi connectivity index (χ0v) is 43.3. The summed E-state index contributed by atoms with van der Waals surface area (Å²) in [6.45, 7) is 25.8. The molecule has 60 heavy (non-hydrogen) atoms. The molecule has 3 unspecified atom stereocenters. The molecule has 1 amide bonds. The molecule has 4 atom stereocenters. The number of unbranched alkanes of at least 4 members (excludes halogenated alkanes) is 25. The summed E-state index contributed by atoms with van der Waals surface area (Å²) in [6, 6.07) is 0.205. The Morgan fingerprint density at radius 1 is 0.467 bits per heavy atom. The summed E-state index contributed by atoms with van der Waals surface area (Å²) >= 11 is 0. The minimum absolute atomic E-state index is 0.0186. The van der Waals surface area contributed by atoms with E-state index in [9.17, 15) is 4.79 Å². The second-order valence-electron chi connectivity index (χ2n) is 21.8. The molecule has 0 aliphatic heterocycles. The highest BCUT2D eigenvalue weighted by molar-refractivity contribution is 5.68. The van der Waals surface area contributed by atoms with Gasteiger partial charge in [0.15, 0.2) is 0 Å². The van der Waals surface area contributed by atoms with E-state index in [1.165, 1.54) is 193 Å². The molecular formula is C56H113NO3. The van der Waals surface area contributed by atoms with Crippen molar-refractivity contribution in [1.29, 1.82) is 0 Å². The van der Waals surface area contributed by atoms with Crippen LogP contribution in [0.5, 0.6) is 0 Å². The second-order valence-corrected chi connectivity index (χ2v) is 21.8. The van der Waals surface area contributed by atoms with Gasteiger partial charge in [0.25, 0.3) is 0 Å². The molecule has 0 aliphatic rings. The number of amides is 1. The van der Waals surface area contributed by atoms with Gasteiger partial charge in [0.2, 0.25) is 0 Å². The van der Waals surface area contributed by atoms with Crippen molar-refractivity contribution < 1.29 is 14.3 Å². The van der Waals surface area contributed by atoms with Crippen LogP contribution < -0.4 is 5.32 Å². The standard InChI is InChI=1S/C56H113NO3/c1-12-16-18-20-22-24-25-26-27-28-29-31-33-35-40-44-52(45-41-37-36-39-43-51(7)42-38-34-32-30-23-21-19-17-13-2)57-53(58)60-54(8,9)48-55(10,14-3)49-56(11,15-4)59-47-46-50(5)6/h50-52H,12-49H2,1-11H3,(H,57,58)/t51?,52?,55-,56?/m0/s1. The van der Waals surface area contributed by atoms with Gasteiger partial charge < -0.3 is 14.8 Å². The van der Waals surface area contributed by atoms with Crippen molar-refractivity contribution in [2.75, 3.05) is 6.61 Å². The highest BCUT2D eigenvalue weighted by atomic mass is 16.6. The van der Waals surface area contributed by atoms with Gasteiger partial charge >= 0.3 is 6.09 Å². The van der Waals surface area contributed by atoms with Crippen LogP contribution in [-0.4, -0.2) is 29.9 Å². The molecule has 0 aromatic carbocycles. The maximum atomic E-state index is 13.6. The van der Waals surface area contributed by atoms with Crippen molar-refractivity contribution in [2.24, 2.45) is 17.3 Å². The number of carbonyl (C=O) groups is 1. The van der Waals surface area contributed by atoms with E-state index in [0.717, 1.165) is 57.5 Å². The van der Waals surface area contributed by atoms with Gasteiger partial charge in [-0.25, -0.2) is 4.79 Å². The van der Waals surface area contributed by atoms with Crippen LogP contribution in [0.3, 0.4) is 0 Å². The van der Waals surface area contributed by atoms with Crippen LogP contribution >= 0.6 is 0 Å². The minimum Gasteiger partial charge on any atom is -0.444 e. The SMILES string of the molecule is CCCCCCCCCCCCCCCCCC(CCCCCCC(C)CCCCCCCCCCC)NC(=O)OC(C)(C)C[C@](C)(CC)CC(C)(CC)OCCC(C)C. The largest absolute Gasteiger partial charge is 0.444 e. The molecule has 0 aromatic heterocycles. The van der Waals surface area contributed by atoms with Crippen LogP contribution in [-0.2, 0) is 9.47 Å². The predicted octanol–water partition coefficient (Wildman–Crippen LogP) is 19.4. The first-order valence-corrected chi connectivity index (χ1v) is 27.4. The Bertz CT molecular complexity index is 933. The smallest absolute Gasteiger partial charge is 0.407 e. The van der Waals surface area contributed by atoms with Crippen LogP contribution in [0.2, 0.25) is 0 Å². The van der Waals surface area contributed by atoms with Crippen molar-refractivity contribution in [3.8, 4) is 0 Å². The lowest BCUT2D eigenvalue weighted by molar-refractivity contribution is -0.0828. The summed E-state index contributed by atoms with van der Waals surface area (Å²) in [6.07, 6.45) is 48.2. The molecular weight excluding hydrogens is 735 g/mol. The number of hydrogen-bond acceptors (Lipinski definition) is 3. The third-order valence-corrected chi connectivity index (χ3v) is 14.0. The van der Waals surface area contributed by atoms with E-state index in [4.69, 9.17) is 9.47 Å². The number of nitrogens with one attached hydrogen (secondary N) is 1. The first-order valence-electron chi connectivity index (χ1n) is 27.4. The molecule has 0 radical (unpaired) electrons. The van der Waals surface area contributed by atoms with Gasteiger partial charge in [-0.2, -0.15) is 0 Å². The molecule has 0 fully saturated rings. The van der Waals surface area contributed by atoms with E-state index >= 15 is 0 Å². The average Bonchev–Trinajstić information content (AvgIpc) is 3.19. The molecule has 0 rings (SSSR count). The monoisotopic (exact) mass is 848 g/mol. The van der Waals surface area contributed by atoms with Crippen LogP contribution in [0.1, 0.15) is 314 Å². The maximum Gasteiger partial charge on any atom is 0.407 e. The van der Waals surface area contributed by atoms with Crippen LogP contribution in [0.15, 0.2) is 0 Å². The molecule has 0 spiro atoms. The first-order chi connectivity index (χ1) is 28.7. The zero-order chi connectivity index (χ0) is 44.8. The van der Waals surface area contributed by atoms with Gasteiger partial charge in [-0.05, 0) is 76.5 Å². The number of hydrogen-bond donors (Lipinski definition) is 1. The van der Waals surface area contributed by atoms with Crippen molar-refractivity contribution in [1.82, 2.24) is 5.32 Å². The van der Waals surface area contributed by atoms with E-state index in [-0.39, 0.29) is 23.2 Å². The van der Waals surface area contributed by atoms with Crippen molar-refractivity contribution in [2.45, 2.75) is 331 Å². The van der Waals surface area contributed by atoms with Crippen molar-refractivity contribution >= 4 is 6.09 Å². The minimum atomic E-state index is -0.550. The van der Waals surface area contributed by atoms with Gasteiger partial charge in [-0.1, -0.05) is 254 Å². The normalized spacial score (nSPS) is 15.2. The van der Waals surface area contributed by atoms with E-state index in [2.05, 4.69) is 81.5 Å². The average molecular weight is 849 g/mol. The fourth-order valence-corrected chi connectivity index (χ4v) is 9.78. The van der Waals surface area contributed by atoms with Gasteiger partial charge in [-0.3, -0.25) is 0 Å². The Hall–Kier alpha value is -0.770. The fraction of sp³-hybridized carbons (Fsp3) is 0.982. The fourth-order valence-electron chi connectivity index (χ4n) is 9.78. The van der Waals surface area contributed by atoms with Crippen molar-refractivity contribution in [3.05, 3.63) is 0 Å². The van der Waals surface area contributed by atoms with E-state index < -0.39 is 5.60 Å². The summed E-state index contributed by atoms with van der Waals surface area (Å²) in [4.78, 5) is 13.6. The number of alkyl carbamates (subject to hydrolysis) is 1. The lowest BCUT2D eigenvalue weighted by atomic mass is 9.70. The van der Waals surface area contributed by atoms with E-state index in [0.29, 0.717) is 5.92 Å². The third-order valence-electron chi connectivity index (χ3n) is 14.0. The second kappa shape index (κ2) is 38.7.